The highest BCUT2D eigenvalue weighted by Gasteiger charge is 2.19. The van der Waals surface area contributed by atoms with Crippen LogP contribution in [0.15, 0.2) is 66.7 Å². The zero-order valence-corrected chi connectivity index (χ0v) is 26.5. The number of hydrogen-bond donors (Lipinski definition) is 1. The SMILES string of the molecule is CCNC(=O)c1cccc(-c2cccc(COc3cc(OCc4cc(F)cc(F)c4)c(CN4CCOCC4)cc3Cl)c2C)c1C. The Hall–Kier alpha value is -3.98. The van der Waals surface area contributed by atoms with Gasteiger partial charge in [0.1, 0.15) is 36.3 Å². The third-order valence-corrected chi connectivity index (χ3v) is 8.26. The average molecular weight is 635 g/mol. The normalized spacial score (nSPS) is 13.5. The number of carbonyl (C=O) groups excluding carboxylic acids is 1. The summed E-state index contributed by atoms with van der Waals surface area (Å²) >= 11 is 6.74. The quantitative estimate of drug-likeness (QED) is 0.184. The van der Waals surface area contributed by atoms with Crippen molar-refractivity contribution in [3.63, 3.8) is 0 Å². The van der Waals surface area contributed by atoms with Crippen molar-refractivity contribution in [2.24, 2.45) is 0 Å². The average Bonchev–Trinajstić information content (AvgIpc) is 3.01. The Kier molecular flexibility index (Phi) is 10.7. The number of benzene rings is 4. The second-order valence-corrected chi connectivity index (χ2v) is 11.5. The summed E-state index contributed by atoms with van der Waals surface area (Å²) in [4.78, 5) is 14.9. The molecule has 4 aromatic carbocycles. The van der Waals surface area contributed by atoms with Gasteiger partial charge in [-0.25, -0.2) is 8.78 Å². The first-order chi connectivity index (χ1) is 21.7. The molecule has 0 saturated carbocycles. The molecular weight excluding hydrogens is 598 g/mol. The lowest BCUT2D eigenvalue weighted by molar-refractivity contribution is 0.0337. The summed E-state index contributed by atoms with van der Waals surface area (Å²) in [5.41, 5.74) is 6.75. The molecule has 0 bridgehead atoms. The number of amides is 1. The minimum atomic E-state index is -0.661. The fraction of sp³-hybridized carbons (Fsp3) is 0.306. The first-order valence-electron chi connectivity index (χ1n) is 15.0. The molecule has 0 atom stereocenters. The molecule has 1 heterocycles. The predicted molar refractivity (Wildman–Crippen MR) is 172 cm³/mol. The Labute approximate surface area is 267 Å². The fourth-order valence-electron chi connectivity index (χ4n) is 5.52. The molecule has 0 aliphatic carbocycles. The molecular formula is C36H37ClF2N2O4. The molecule has 1 amide bonds. The second kappa shape index (κ2) is 14.9. The van der Waals surface area contributed by atoms with Crippen LogP contribution in [0.5, 0.6) is 11.5 Å². The van der Waals surface area contributed by atoms with E-state index >= 15 is 0 Å². The number of nitrogens with one attached hydrogen (secondary N) is 1. The minimum Gasteiger partial charge on any atom is -0.488 e. The van der Waals surface area contributed by atoms with Gasteiger partial charge >= 0.3 is 0 Å². The van der Waals surface area contributed by atoms with Crippen molar-refractivity contribution in [2.75, 3.05) is 32.8 Å². The van der Waals surface area contributed by atoms with Crippen LogP contribution in [0.1, 0.15) is 45.1 Å². The molecule has 0 unspecified atom stereocenters. The van der Waals surface area contributed by atoms with E-state index in [1.165, 1.54) is 12.1 Å². The Morgan fingerprint density at radius 2 is 1.53 bits per heavy atom. The van der Waals surface area contributed by atoms with Crippen molar-refractivity contribution in [3.05, 3.63) is 117 Å². The maximum Gasteiger partial charge on any atom is 0.251 e. The Bertz CT molecular complexity index is 1650. The van der Waals surface area contributed by atoms with Gasteiger partial charge in [-0.05, 0) is 78.4 Å². The summed E-state index contributed by atoms with van der Waals surface area (Å²) < 4.78 is 45.5. The number of morpholine rings is 1. The molecule has 6 nitrogen and oxygen atoms in total. The van der Waals surface area contributed by atoms with E-state index in [0.29, 0.717) is 54.0 Å². The van der Waals surface area contributed by atoms with Crippen molar-refractivity contribution in [1.29, 1.82) is 0 Å². The lowest BCUT2D eigenvalue weighted by Gasteiger charge is -2.27. The van der Waals surface area contributed by atoms with Crippen molar-refractivity contribution >= 4 is 17.5 Å². The zero-order valence-electron chi connectivity index (χ0n) is 25.7. The van der Waals surface area contributed by atoms with E-state index in [1.807, 2.05) is 63.2 Å². The summed E-state index contributed by atoms with van der Waals surface area (Å²) in [5.74, 6) is -0.464. The number of ether oxygens (including phenoxy) is 3. The molecule has 0 radical (unpaired) electrons. The predicted octanol–water partition coefficient (Wildman–Crippen LogP) is 7.64. The van der Waals surface area contributed by atoms with Crippen LogP contribution in [-0.2, 0) is 24.5 Å². The number of rotatable bonds is 11. The van der Waals surface area contributed by atoms with Gasteiger partial charge < -0.3 is 19.5 Å². The van der Waals surface area contributed by atoms with Gasteiger partial charge in [-0.3, -0.25) is 9.69 Å². The summed E-state index contributed by atoms with van der Waals surface area (Å²) in [6, 6.07) is 18.7. The van der Waals surface area contributed by atoms with Crippen LogP contribution in [0, 0.1) is 25.5 Å². The molecule has 45 heavy (non-hydrogen) atoms. The van der Waals surface area contributed by atoms with E-state index < -0.39 is 11.6 Å². The Balaban J connectivity index is 1.39. The topological polar surface area (TPSA) is 60.0 Å². The Morgan fingerprint density at radius 1 is 0.867 bits per heavy atom. The highest BCUT2D eigenvalue weighted by molar-refractivity contribution is 6.32. The largest absolute Gasteiger partial charge is 0.488 e. The molecule has 1 aliphatic heterocycles. The molecule has 0 spiro atoms. The minimum absolute atomic E-state index is 0.0261. The first-order valence-corrected chi connectivity index (χ1v) is 15.4. The van der Waals surface area contributed by atoms with Gasteiger partial charge in [-0.1, -0.05) is 41.9 Å². The number of nitrogens with zero attached hydrogens (tertiary/aromatic N) is 1. The zero-order chi connectivity index (χ0) is 31.9. The smallest absolute Gasteiger partial charge is 0.251 e. The van der Waals surface area contributed by atoms with Gasteiger partial charge in [0.05, 0.1) is 18.2 Å². The summed E-state index contributed by atoms with van der Waals surface area (Å²) in [6.07, 6.45) is 0. The van der Waals surface area contributed by atoms with Crippen molar-refractivity contribution < 1.29 is 27.8 Å². The highest BCUT2D eigenvalue weighted by atomic mass is 35.5. The van der Waals surface area contributed by atoms with E-state index in [4.69, 9.17) is 25.8 Å². The van der Waals surface area contributed by atoms with Gasteiger partial charge in [0.15, 0.2) is 0 Å². The van der Waals surface area contributed by atoms with Crippen molar-refractivity contribution in [1.82, 2.24) is 10.2 Å². The maximum atomic E-state index is 13.8. The number of halogens is 3. The second-order valence-electron chi connectivity index (χ2n) is 11.1. The van der Waals surface area contributed by atoms with Gasteiger partial charge in [0, 0.05) is 49.4 Å². The lowest BCUT2D eigenvalue weighted by atomic mass is 9.91. The molecule has 1 saturated heterocycles. The van der Waals surface area contributed by atoms with E-state index in [9.17, 15) is 13.6 Å². The third kappa shape index (κ3) is 8.00. The monoisotopic (exact) mass is 634 g/mol. The van der Waals surface area contributed by atoms with Gasteiger partial charge in [0.25, 0.3) is 5.91 Å². The van der Waals surface area contributed by atoms with Crippen molar-refractivity contribution in [2.45, 2.75) is 40.5 Å². The molecule has 0 aromatic heterocycles. The van der Waals surface area contributed by atoms with Crippen LogP contribution in [0.4, 0.5) is 8.78 Å². The van der Waals surface area contributed by atoms with Gasteiger partial charge in [-0.15, -0.1) is 0 Å². The molecule has 9 heteroatoms. The van der Waals surface area contributed by atoms with E-state index in [2.05, 4.69) is 10.2 Å². The molecule has 4 aromatic rings. The van der Waals surface area contributed by atoms with Crippen molar-refractivity contribution in [3.8, 4) is 22.6 Å². The molecule has 1 N–H and O–H groups in total. The van der Waals surface area contributed by atoms with E-state index in [-0.39, 0.29) is 19.1 Å². The summed E-state index contributed by atoms with van der Waals surface area (Å²) in [7, 11) is 0. The Morgan fingerprint density at radius 3 is 2.24 bits per heavy atom. The van der Waals surface area contributed by atoms with Gasteiger partial charge in [0.2, 0.25) is 0 Å². The van der Waals surface area contributed by atoms with Gasteiger partial charge in [-0.2, -0.15) is 0 Å². The van der Waals surface area contributed by atoms with E-state index in [0.717, 1.165) is 52.5 Å². The maximum absolute atomic E-state index is 13.8. The molecule has 1 aliphatic rings. The van der Waals surface area contributed by atoms with E-state index in [1.54, 1.807) is 6.07 Å². The fourth-order valence-corrected chi connectivity index (χ4v) is 5.76. The first kappa shape index (κ1) is 32.4. The highest BCUT2D eigenvalue weighted by Crippen LogP contribution is 2.36. The molecule has 236 valence electrons. The van der Waals surface area contributed by atoms with Crippen LogP contribution in [0.2, 0.25) is 5.02 Å². The lowest BCUT2D eigenvalue weighted by Crippen LogP contribution is -2.35. The van der Waals surface area contributed by atoms with Crippen LogP contribution in [-0.4, -0.2) is 43.7 Å². The summed E-state index contributed by atoms with van der Waals surface area (Å²) in [6.45, 7) is 10.1. The third-order valence-electron chi connectivity index (χ3n) is 7.96. The van der Waals surface area contributed by atoms with Crippen LogP contribution >= 0.6 is 11.6 Å². The standard InChI is InChI=1S/C36H37ClF2N2O4/c1-4-40-36(42)32-10-6-9-31(24(32)3)30-8-5-7-26(23(30)2)22-45-35-19-34(44-21-25-15-28(38)18-29(39)16-25)27(17-33(35)37)20-41-11-13-43-14-12-41/h5-10,15-19H,4,11-14,20-22H2,1-3H3,(H,40,42). The summed E-state index contributed by atoms with van der Waals surface area (Å²) in [5, 5.41) is 3.31. The van der Waals surface area contributed by atoms with Crippen LogP contribution in [0.3, 0.4) is 0 Å². The van der Waals surface area contributed by atoms with Crippen LogP contribution in [0.25, 0.3) is 11.1 Å². The number of carbonyl (C=O) groups is 1. The van der Waals surface area contributed by atoms with Crippen LogP contribution < -0.4 is 14.8 Å². The number of hydrogen-bond acceptors (Lipinski definition) is 5. The molecule has 5 rings (SSSR count). The molecule has 1 fully saturated rings.